The topological polar surface area (TPSA) is 113 Å². The van der Waals surface area contributed by atoms with Crippen LogP contribution in [0.4, 0.5) is 4.79 Å². The van der Waals surface area contributed by atoms with Crippen LogP contribution < -0.4 is 5.32 Å². The van der Waals surface area contributed by atoms with Gasteiger partial charge in [0.1, 0.15) is 0 Å². The molecular weight excluding hydrogens is 242 g/mol. The molecule has 0 saturated carbocycles. The molecule has 0 bridgehead atoms. The van der Waals surface area contributed by atoms with Crippen molar-refractivity contribution >= 4 is 18.0 Å². The van der Waals surface area contributed by atoms with E-state index in [0.29, 0.717) is 0 Å². The highest BCUT2D eigenvalue weighted by molar-refractivity contribution is 5.82. The molecule has 0 aliphatic heterocycles. The highest BCUT2D eigenvalue weighted by atomic mass is 16.5. The number of carbonyl (C=O) groups excluding carboxylic acids is 1. The van der Waals surface area contributed by atoms with Gasteiger partial charge >= 0.3 is 18.0 Å². The van der Waals surface area contributed by atoms with Gasteiger partial charge in [0.2, 0.25) is 0 Å². The van der Waals surface area contributed by atoms with Crippen LogP contribution in [0.25, 0.3) is 0 Å². The molecule has 1 amide bonds. The van der Waals surface area contributed by atoms with Crippen LogP contribution in [0.1, 0.15) is 27.2 Å². The van der Waals surface area contributed by atoms with Crippen molar-refractivity contribution in [1.29, 1.82) is 0 Å². The molecule has 104 valence electrons. The maximum absolute atomic E-state index is 11.2. The fourth-order valence-electron chi connectivity index (χ4n) is 1.11. The van der Waals surface area contributed by atoms with Gasteiger partial charge in [0.05, 0.1) is 18.4 Å². The number of carbonyl (C=O) groups is 3. The van der Waals surface area contributed by atoms with Crippen LogP contribution in [0.5, 0.6) is 0 Å². The Morgan fingerprint density at radius 2 is 1.83 bits per heavy atom. The molecule has 0 spiro atoms. The van der Waals surface area contributed by atoms with Crippen LogP contribution in [0, 0.1) is 11.3 Å². The highest BCUT2D eigenvalue weighted by Gasteiger charge is 2.36. The zero-order valence-electron chi connectivity index (χ0n) is 10.7. The van der Waals surface area contributed by atoms with E-state index in [9.17, 15) is 14.4 Å². The number of rotatable bonds is 7. The van der Waals surface area contributed by atoms with E-state index >= 15 is 0 Å². The lowest BCUT2D eigenvalue weighted by atomic mass is 9.87. The van der Waals surface area contributed by atoms with Gasteiger partial charge in [0, 0.05) is 6.54 Å². The Morgan fingerprint density at radius 3 is 2.22 bits per heavy atom. The van der Waals surface area contributed by atoms with E-state index in [1.165, 1.54) is 6.92 Å². The minimum absolute atomic E-state index is 0.167. The molecule has 0 aromatic carbocycles. The summed E-state index contributed by atoms with van der Waals surface area (Å²) in [5.41, 5.74) is -1.55. The van der Waals surface area contributed by atoms with E-state index in [1.807, 2.05) is 13.8 Å². The Labute approximate surface area is 105 Å². The van der Waals surface area contributed by atoms with Crippen LogP contribution in [0.15, 0.2) is 0 Å². The number of ether oxygens (including phenoxy) is 1. The van der Waals surface area contributed by atoms with Crippen LogP contribution >= 0.6 is 0 Å². The first-order chi connectivity index (χ1) is 8.17. The fourth-order valence-corrected chi connectivity index (χ4v) is 1.11. The first-order valence-electron chi connectivity index (χ1n) is 5.53. The molecule has 0 radical (unpaired) electrons. The number of carboxylic acid groups (broad SMARTS) is 2. The Morgan fingerprint density at radius 1 is 1.28 bits per heavy atom. The van der Waals surface area contributed by atoms with Crippen molar-refractivity contribution in [3.8, 4) is 0 Å². The van der Waals surface area contributed by atoms with Gasteiger partial charge in [0.25, 0.3) is 0 Å². The van der Waals surface area contributed by atoms with Crippen molar-refractivity contribution in [3.63, 3.8) is 0 Å². The second-order valence-corrected chi connectivity index (χ2v) is 4.78. The Balaban J connectivity index is 4.32. The number of hydrogen-bond acceptors (Lipinski definition) is 4. The normalized spacial score (nSPS) is 13.8. The number of amides is 1. The van der Waals surface area contributed by atoms with Crippen molar-refractivity contribution in [1.82, 2.24) is 5.32 Å². The summed E-state index contributed by atoms with van der Waals surface area (Å²) in [6.45, 7) is 4.89. The molecule has 18 heavy (non-hydrogen) atoms. The van der Waals surface area contributed by atoms with Gasteiger partial charge in [-0.15, -0.1) is 0 Å². The molecule has 0 rings (SSSR count). The van der Waals surface area contributed by atoms with Gasteiger partial charge in [-0.05, 0) is 12.8 Å². The third-order valence-corrected chi connectivity index (χ3v) is 2.23. The van der Waals surface area contributed by atoms with Crippen LogP contribution in [-0.2, 0) is 14.3 Å². The maximum atomic E-state index is 11.2. The molecule has 7 nitrogen and oxygen atoms in total. The smallest absolute Gasteiger partial charge is 0.407 e. The number of carboxylic acids is 2. The van der Waals surface area contributed by atoms with Crippen molar-refractivity contribution in [3.05, 3.63) is 0 Å². The lowest BCUT2D eigenvalue weighted by molar-refractivity contribution is -0.154. The first-order valence-corrected chi connectivity index (χ1v) is 5.53. The zero-order chi connectivity index (χ0) is 14.3. The third-order valence-electron chi connectivity index (χ3n) is 2.23. The molecule has 0 aliphatic carbocycles. The maximum Gasteiger partial charge on any atom is 0.407 e. The van der Waals surface area contributed by atoms with Crippen molar-refractivity contribution in [2.75, 3.05) is 13.2 Å². The van der Waals surface area contributed by atoms with Crippen LogP contribution in [0.3, 0.4) is 0 Å². The molecule has 0 fully saturated rings. The molecule has 0 saturated heterocycles. The molecule has 0 aliphatic rings. The predicted molar refractivity (Wildman–Crippen MR) is 62.2 cm³/mol. The second-order valence-electron chi connectivity index (χ2n) is 4.78. The summed E-state index contributed by atoms with van der Waals surface area (Å²) in [5.74, 6) is -2.35. The second kappa shape index (κ2) is 6.83. The average molecular weight is 261 g/mol. The van der Waals surface area contributed by atoms with Gasteiger partial charge in [0.15, 0.2) is 0 Å². The molecule has 0 aromatic heterocycles. The molecule has 7 heteroatoms. The van der Waals surface area contributed by atoms with E-state index < -0.39 is 29.9 Å². The summed E-state index contributed by atoms with van der Waals surface area (Å²) in [6.07, 6.45) is -1.33. The van der Waals surface area contributed by atoms with E-state index in [2.05, 4.69) is 5.32 Å². The Hall–Kier alpha value is -1.79. The van der Waals surface area contributed by atoms with E-state index in [1.54, 1.807) is 0 Å². The largest absolute Gasteiger partial charge is 0.481 e. The van der Waals surface area contributed by atoms with Crippen molar-refractivity contribution in [2.24, 2.45) is 11.3 Å². The van der Waals surface area contributed by atoms with Gasteiger partial charge in [-0.1, -0.05) is 13.8 Å². The molecule has 0 heterocycles. The van der Waals surface area contributed by atoms with Crippen molar-refractivity contribution < 1.29 is 29.3 Å². The molecule has 1 atom stereocenters. The van der Waals surface area contributed by atoms with Crippen molar-refractivity contribution in [2.45, 2.75) is 27.2 Å². The summed E-state index contributed by atoms with van der Waals surface area (Å²) in [5, 5.41) is 19.8. The lowest BCUT2D eigenvalue weighted by Crippen LogP contribution is -2.42. The van der Waals surface area contributed by atoms with E-state index in [4.69, 9.17) is 14.9 Å². The summed E-state index contributed by atoms with van der Waals surface area (Å²) in [7, 11) is 0. The predicted octanol–water partition coefficient (Wildman–Crippen LogP) is 0.934. The van der Waals surface area contributed by atoms with Gasteiger partial charge < -0.3 is 20.3 Å². The lowest BCUT2D eigenvalue weighted by Gasteiger charge is -2.22. The van der Waals surface area contributed by atoms with E-state index in [0.717, 1.165) is 0 Å². The number of aliphatic carboxylic acids is 2. The zero-order valence-corrected chi connectivity index (χ0v) is 10.7. The van der Waals surface area contributed by atoms with Crippen LogP contribution in [0.2, 0.25) is 0 Å². The standard InChI is InChI=1S/C11H19NO6/c1-7(2)5-18-10(17)12-6-11(3,9(15)16)4-8(13)14/h7H,4-6H2,1-3H3,(H,12,17)(H,13,14)(H,15,16). The molecular formula is C11H19NO6. The SMILES string of the molecule is CC(C)COC(=O)NCC(C)(CC(=O)O)C(=O)O. The quantitative estimate of drug-likeness (QED) is 0.628. The first kappa shape index (κ1) is 16.2. The molecule has 3 N–H and O–H groups in total. The minimum atomic E-state index is -1.55. The molecule has 0 aromatic rings. The summed E-state index contributed by atoms with van der Waals surface area (Å²) >= 11 is 0. The average Bonchev–Trinajstić information content (AvgIpc) is 2.22. The number of hydrogen-bond donors (Lipinski definition) is 3. The monoisotopic (exact) mass is 261 g/mol. The summed E-state index contributed by atoms with van der Waals surface area (Å²) < 4.78 is 4.79. The summed E-state index contributed by atoms with van der Waals surface area (Å²) in [4.78, 5) is 32.8. The third kappa shape index (κ3) is 6.07. The van der Waals surface area contributed by atoms with Gasteiger partial charge in [-0.25, -0.2) is 4.79 Å². The van der Waals surface area contributed by atoms with Gasteiger partial charge in [-0.2, -0.15) is 0 Å². The summed E-state index contributed by atoms with van der Waals surface area (Å²) in [6, 6.07) is 0. The van der Waals surface area contributed by atoms with Crippen LogP contribution in [-0.4, -0.2) is 41.4 Å². The number of nitrogens with one attached hydrogen (secondary N) is 1. The van der Waals surface area contributed by atoms with E-state index in [-0.39, 0.29) is 19.1 Å². The molecule has 1 unspecified atom stereocenters. The Kier molecular flexibility index (Phi) is 6.15. The van der Waals surface area contributed by atoms with Gasteiger partial charge in [-0.3, -0.25) is 9.59 Å². The highest BCUT2D eigenvalue weighted by Crippen LogP contribution is 2.20. The minimum Gasteiger partial charge on any atom is -0.481 e. The number of alkyl carbamates (subject to hydrolysis) is 1. The fraction of sp³-hybridized carbons (Fsp3) is 0.727. The Bertz CT molecular complexity index is 327.